The Morgan fingerprint density at radius 3 is 2.15 bits per heavy atom. The maximum Gasteiger partial charge on any atom is 0.277 e. The molecule has 4 heteroatoms. The first-order valence-corrected chi connectivity index (χ1v) is 8.31. The molecule has 5 rings (SSSR count). The highest BCUT2D eigenvalue weighted by Gasteiger charge is 2.19. The monoisotopic (exact) mass is 339 g/mol. The average molecular weight is 339 g/mol. The molecule has 0 atom stereocenters. The number of nitro benzene ring substituents is 1. The third kappa shape index (κ3) is 2.02. The van der Waals surface area contributed by atoms with Crippen molar-refractivity contribution >= 4 is 38.4 Å². The van der Waals surface area contributed by atoms with E-state index in [1.165, 1.54) is 6.07 Å². The normalized spacial score (nSPS) is 11.4. The summed E-state index contributed by atoms with van der Waals surface area (Å²) < 4.78 is 6.05. The van der Waals surface area contributed by atoms with Gasteiger partial charge in [0.2, 0.25) is 0 Å². The molecule has 26 heavy (non-hydrogen) atoms. The van der Waals surface area contributed by atoms with Crippen LogP contribution >= 0.6 is 0 Å². The van der Waals surface area contributed by atoms with E-state index in [1.54, 1.807) is 12.1 Å². The van der Waals surface area contributed by atoms with Crippen molar-refractivity contribution < 1.29 is 9.34 Å². The van der Waals surface area contributed by atoms with E-state index in [0.717, 1.165) is 38.3 Å². The molecule has 0 bridgehead atoms. The van der Waals surface area contributed by atoms with Crippen LogP contribution in [-0.2, 0) is 0 Å². The molecule has 0 N–H and O–H groups in total. The zero-order chi connectivity index (χ0) is 17.7. The van der Waals surface area contributed by atoms with Gasteiger partial charge in [-0.15, -0.1) is 0 Å². The lowest BCUT2D eigenvalue weighted by molar-refractivity contribution is -0.384. The van der Waals surface area contributed by atoms with Crippen molar-refractivity contribution in [2.75, 3.05) is 0 Å². The van der Waals surface area contributed by atoms with Crippen LogP contribution in [0, 0.1) is 10.1 Å². The van der Waals surface area contributed by atoms with Gasteiger partial charge in [0.15, 0.2) is 0 Å². The molecule has 0 amide bonds. The van der Waals surface area contributed by atoms with Crippen LogP contribution < -0.4 is 0 Å². The van der Waals surface area contributed by atoms with Gasteiger partial charge in [-0.25, -0.2) is 0 Å². The van der Waals surface area contributed by atoms with Crippen LogP contribution in [0.1, 0.15) is 0 Å². The Morgan fingerprint density at radius 1 is 0.692 bits per heavy atom. The summed E-state index contributed by atoms with van der Waals surface area (Å²) in [6.45, 7) is 0. The molecule has 0 unspecified atom stereocenters. The van der Waals surface area contributed by atoms with E-state index in [2.05, 4.69) is 0 Å². The highest BCUT2D eigenvalue weighted by atomic mass is 16.6. The lowest BCUT2D eigenvalue weighted by Crippen LogP contribution is -1.92. The minimum atomic E-state index is -0.340. The molecule has 0 saturated carbocycles. The molecule has 4 aromatic carbocycles. The number of benzene rings is 4. The van der Waals surface area contributed by atoms with E-state index < -0.39 is 0 Å². The van der Waals surface area contributed by atoms with Crippen molar-refractivity contribution in [3.8, 4) is 11.1 Å². The number of nitro groups is 1. The lowest BCUT2D eigenvalue weighted by Gasteiger charge is -2.09. The van der Waals surface area contributed by atoms with Crippen molar-refractivity contribution in [2.45, 2.75) is 0 Å². The average Bonchev–Trinajstić information content (AvgIpc) is 3.06. The Kier molecular flexibility index (Phi) is 3.06. The van der Waals surface area contributed by atoms with Gasteiger partial charge >= 0.3 is 0 Å². The number of fused-ring (bicyclic) bond motifs is 5. The van der Waals surface area contributed by atoms with Gasteiger partial charge in [0.1, 0.15) is 11.2 Å². The number of nitrogens with zero attached hydrogens (tertiary/aromatic N) is 1. The molecule has 0 aliphatic rings. The number of furan rings is 1. The van der Waals surface area contributed by atoms with Crippen LogP contribution in [0.25, 0.3) is 43.8 Å². The minimum Gasteiger partial charge on any atom is -0.456 e. The second-order valence-corrected chi connectivity index (χ2v) is 6.22. The van der Waals surface area contributed by atoms with E-state index in [-0.39, 0.29) is 10.6 Å². The number of para-hydroxylation sites is 2. The summed E-state index contributed by atoms with van der Waals surface area (Å²) in [5.74, 6) is 0. The van der Waals surface area contributed by atoms with E-state index in [1.807, 2.05) is 60.7 Å². The molecule has 5 aromatic rings. The third-order valence-corrected chi connectivity index (χ3v) is 4.78. The number of rotatable bonds is 2. The molecule has 0 aliphatic heterocycles. The Hall–Kier alpha value is -3.66. The fourth-order valence-corrected chi connectivity index (χ4v) is 3.67. The SMILES string of the molecule is O=[N+]([O-])c1ccccc1-c1cc2oc3ccccc3c2c2ccccc12. The standard InChI is InChI=1S/C22H13NO3/c24-23(25)19-11-5-3-8-15(19)18-13-21-22(16-9-2-1-7-14(16)18)17-10-4-6-12-20(17)26-21/h1-13H. The fourth-order valence-electron chi connectivity index (χ4n) is 3.67. The van der Waals surface area contributed by atoms with Crippen LogP contribution in [0.2, 0.25) is 0 Å². The topological polar surface area (TPSA) is 56.3 Å². The molecule has 124 valence electrons. The quantitative estimate of drug-likeness (QED) is 0.279. The first kappa shape index (κ1) is 14.7. The third-order valence-electron chi connectivity index (χ3n) is 4.78. The Bertz CT molecular complexity index is 1320. The molecular formula is C22H13NO3. The summed E-state index contributed by atoms with van der Waals surface area (Å²) in [5, 5.41) is 15.6. The van der Waals surface area contributed by atoms with Gasteiger partial charge in [-0.2, -0.15) is 0 Å². The fraction of sp³-hybridized carbons (Fsp3) is 0. The Morgan fingerprint density at radius 2 is 1.35 bits per heavy atom. The maximum absolute atomic E-state index is 11.5. The van der Waals surface area contributed by atoms with Gasteiger partial charge in [0.05, 0.1) is 10.5 Å². The second kappa shape index (κ2) is 5.43. The van der Waals surface area contributed by atoms with Gasteiger partial charge < -0.3 is 4.42 Å². The summed E-state index contributed by atoms with van der Waals surface area (Å²) in [7, 11) is 0. The van der Waals surface area contributed by atoms with Crippen molar-refractivity contribution in [1.29, 1.82) is 0 Å². The predicted molar refractivity (Wildman–Crippen MR) is 103 cm³/mol. The van der Waals surface area contributed by atoms with Crippen LogP contribution in [0.15, 0.2) is 83.3 Å². The van der Waals surface area contributed by atoms with E-state index >= 15 is 0 Å². The molecule has 0 radical (unpaired) electrons. The summed E-state index contributed by atoms with van der Waals surface area (Å²) >= 11 is 0. The zero-order valence-corrected chi connectivity index (χ0v) is 13.7. The Balaban J connectivity index is 1.98. The summed E-state index contributed by atoms with van der Waals surface area (Å²) in [4.78, 5) is 11.2. The van der Waals surface area contributed by atoms with Gasteiger partial charge in [-0.1, -0.05) is 54.6 Å². The molecule has 4 nitrogen and oxygen atoms in total. The highest BCUT2D eigenvalue weighted by molar-refractivity contribution is 6.22. The van der Waals surface area contributed by atoms with Crippen LogP contribution in [0.5, 0.6) is 0 Å². The summed E-state index contributed by atoms with van der Waals surface area (Å²) in [6, 6.07) is 24.6. The van der Waals surface area contributed by atoms with Crippen LogP contribution in [0.4, 0.5) is 5.69 Å². The van der Waals surface area contributed by atoms with Crippen molar-refractivity contribution in [3.63, 3.8) is 0 Å². The maximum atomic E-state index is 11.5. The van der Waals surface area contributed by atoms with Crippen molar-refractivity contribution in [2.24, 2.45) is 0 Å². The number of hydrogen-bond acceptors (Lipinski definition) is 3. The molecule has 0 spiro atoms. The van der Waals surface area contributed by atoms with Crippen LogP contribution in [0.3, 0.4) is 0 Å². The van der Waals surface area contributed by atoms with Crippen LogP contribution in [-0.4, -0.2) is 4.92 Å². The van der Waals surface area contributed by atoms with Crippen molar-refractivity contribution in [1.82, 2.24) is 0 Å². The van der Waals surface area contributed by atoms with Crippen molar-refractivity contribution in [3.05, 3.63) is 89.0 Å². The smallest absolute Gasteiger partial charge is 0.277 e. The van der Waals surface area contributed by atoms with Gasteiger partial charge in [0, 0.05) is 22.4 Å². The van der Waals surface area contributed by atoms with E-state index in [4.69, 9.17) is 4.42 Å². The summed E-state index contributed by atoms with van der Waals surface area (Å²) in [5.41, 5.74) is 3.04. The van der Waals surface area contributed by atoms with Gasteiger partial charge in [-0.05, 0) is 29.0 Å². The largest absolute Gasteiger partial charge is 0.456 e. The lowest BCUT2D eigenvalue weighted by atomic mass is 9.94. The summed E-state index contributed by atoms with van der Waals surface area (Å²) in [6.07, 6.45) is 0. The first-order valence-electron chi connectivity index (χ1n) is 8.31. The molecule has 0 saturated heterocycles. The van der Waals surface area contributed by atoms with Gasteiger partial charge in [-0.3, -0.25) is 10.1 Å². The van der Waals surface area contributed by atoms with E-state index in [9.17, 15) is 10.1 Å². The number of hydrogen-bond donors (Lipinski definition) is 0. The molecular weight excluding hydrogens is 326 g/mol. The molecule has 0 aliphatic carbocycles. The second-order valence-electron chi connectivity index (χ2n) is 6.22. The van der Waals surface area contributed by atoms with E-state index in [0.29, 0.717) is 5.56 Å². The molecule has 0 fully saturated rings. The van der Waals surface area contributed by atoms with Gasteiger partial charge in [0.25, 0.3) is 5.69 Å². The predicted octanol–water partition coefficient (Wildman–Crippen LogP) is 6.31. The minimum absolute atomic E-state index is 0.0908. The zero-order valence-electron chi connectivity index (χ0n) is 13.7. The first-order chi connectivity index (χ1) is 12.7. The highest BCUT2D eigenvalue weighted by Crippen LogP contribution is 2.41. The Labute approximate surface area is 148 Å². The molecule has 1 heterocycles. The molecule has 1 aromatic heterocycles.